The van der Waals surface area contributed by atoms with Crippen molar-refractivity contribution in [2.75, 3.05) is 7.11 Å². The molecule has 20 heavy (non-hydrogen) atoms. The van der Waals surface area contributed by atoms with Crippen LogP contribution in [-0.2, 0) is 24.5 Å². The summed E-state index contributed by atoms with van der Waals surface area (Å²) in [4.78, 5) is 0. The molecule has 0 saturated carbocycles. The first kappa shape index (κ1) is 14.9. The lowest BCUT2D eigenvalue weighted by Crippen LogP contribution is -2.01. The van der Waals surface area contributed by atoms with Crippen molar-refractivity contribution < 1.29 is 9.47 Å². The van der Waals surface area contributed by atoms with Crippen LogP contribution in [0.15, 0.2) is 42.5 Å². The second-order valence-electron chi connectivity index (χ2n) is 4.43. The molecule has 2 N–H and O–H groups in total. The van der Waals surface area contributed by atoms with E-state index in [1.165, 1.54) is 0 Å². The van der Waals surface area contributed by atoms with Gasteiger partial charge in [-0.1, -0.05) is 35.9 Å². The number of ether oxygens (including phenoxy) is 2. The highest BCUT2D eigenvalue weighted by Gasteiger charge is 2.05. The fourth-order valence-electron chi connectivity index (χ4n) is 1.96. The van der Waals surface area contributed by atoms with E-state index in [0.717, 1.165) is 27.5 Å². The largest absolute Gasteiger partial charge is 0.496 e. The van der Waals surface area contributed by atoms with Crippen molar-refractivity contribution in [2.45, 2.75) is 19.8 Å². The van der Waals surface area contributed by atoms with Crippen molar-refractivity contribution in [3.05, 3.63) is 64.2 Å². The molecule has 3 nitrogen and oxygen atoms in total. The van der Waals surface area contributed by atoms with Gasteiger partial charge in [-0.15, -0.1) is 0 Å². The predicted octanol–water partition coefficient (Wildman–Crippen LogP) is 3.52. The average molecular weight is 292 g/mol. The van der Waals surface area contributed by atoms with Crippen molar-refractivity contribution in [3.8, 4) is 5.75 Å². The third-order valence-corrected chi connectivity index (χ3v) is 3.42. The molecule has 106 valence electrons. The van der Waals surface area contributed by atoms with Crippen LogP contribution in [0.25, 0.3) is 0 Å². The second-order valence-corrected chi connectivity index (χ2v) is 4.84. The van der Waals surface area contributed by atoms with E-state index < -0.39 is 0 Å². The van der Waals surface area contributed by atoms with Crippen molar-refractivity contribution in [2.24, 2.45) is 5.73 Å². The Bertz CT molecular complexity index is 572. The normalized spacial score (nSPS) is 10.6. The van der Waals surface area contributed by atoms with E-state index in [-0.39, 0.29) is 0 Å². The molecular formula is C16H18ClNO2. The van der Waals surface area contributed by atoms with Gasteiger partial charge in [0.2, 0.25) is 0 Å². The molecule has 0 saturated heterocycles. The van der Waals surface area contributed by atoms with E-state index in [0.29, 0.717) is 19.8 Å². The molecule has 0 fully saturated rings. The number of benzene rings is 2. The fraction of sp³-hybridized carbons (Fsp3) is 0.250. The summed E-state index contributed by atoms with van der Waals surface area (Å²) < 4.78 is 11.0. The van der Waals surface area contributed by atoms with E-state index in [1.807, 2.05) is 42.5 Å². The number of methoxy groups -OCH3 is 1. The highest BCUT2D eigenvalue weighted by molar-refractivity contribution is 6.31. The molecule has 2 aromatic rings. The van der Waals surface area contributed by atoms with Crippen molar-refractivity contribution in [3.63, 3.8) is 0 Å². The van der Waals surface area contributed by atoms with Crippen LogP contribution in [0.1, 0.15) is 16.7 Å². The van der Waals surface area contributed by atoms with Crippen LogP contribution in [0.5, 0.6) is 5.75 Å². The Balaban J connectivity index is 2.02. The van der Waals surface area contributed by atoms with E-state index in [4.69, 9.17) is 26.8 Å². The molecular weight excluding hydrogens is 274 g/mol. The van der Waals surface area contributed by atoms with Crippen LogP contribution in [-0.4, -0.2) is 7.11 Å². The van der Waals surface area contributed by atoms with Crippen molar-refractivity contribution >= 4 is 11.6 Å². The predicted molar refractivity (Wildman–Crippen MR) is 80.8 cm³/mol. The van der Waals surface area contributed by atoms with Crippen LogP contribution < -0.4 is 10.5 Å². The Morgan fingerprint density at radius 3 is 2.50 bits per heavy atom. The summed E-state index contributed by atoms with van der Waals surface area (Å²) in [6.07, 6.45) is 0. The topological polar surface area (TPSA) is 44.5 Å². The molecule has 0 atom stereocenters. The highest BCUT2D eigenvalue weighted by Crippen LogP contribution is 2.22. The number of hydrogen-bond donors (Lipinski definition) is 1. The van der Waals surface area contributed by atoms with Gasteiger partial charge in [-0.25, -0.2) is 0 Å². The van der Waals surface area contributed by atoms with E-state index in [2.05, 4.69) is 0 Å². The Kier molecular flexibility index (Phi) is 5.41. The van der Waals surface area contributed by atoms with Gasteiger partial charge < -0.3 is 15.2 Å². The standard InChI is InChI=1S/C16H18ClNO2/c1-19-16-7-6-12(9-18)8-14(16)11-20-10-13-4-2-3-5-15(13)17/h2-8H,9-11,18H2,1H3. The van der Waals surface area contributed by atoms with Gasteiger partial charge in [0.1, 0.15) is 5.75 Å². The molecule has 0 bridgehead atoms. The van der Waals surface area contributed by atoms with Gasteiger partial charge in [-0.2, -0.15) is 0 Å². The number of halogens is 1. The van der Waals surface area contributed by atoms with Crippen LogP contribution in [0.3, 0.4) is 0 Å². The molecule has 2 aromatic carbocycles. The number of hydrogen-bond acceptors (Lipinski definition) is 3. The Morgan fingerprint density at radius 1 is 1.05 bits per heavy atom. The summed E-state index contributed by atoms with van der Waals surface area (Å²) >= 11 is 6.09. The zero-order valence-electron chi connectivity index (χ0n) is 11.4. The first-order valence-corrected chi connectivity index (χ1v) is 6.79. The third-order valence-electron chi connectivity index (χ3n) is 3.05. The summed E-state index contributed by atoms with van der Waals surface area (Å²) in [5, 5.41) is 0.718. The summed E-state index contributed by atoms with van der Waals surface area (Å²) in [6, 6.07) is 13.5. The molecule has 0 aliphatic carbocycles. The Labute approximate surface area is 124 Å². The molecule has 0 aromatic heterocycles. The summed E-state index contributed by atoms with van der Waals surface area (Å²) in [5.74, 6) is 0.807. The summed E-state index contributed by atoms with van der Waals surface area (Å²) in [6.45, 7) is 1.43. The van der Waals surface area contributed by atoms with Gasteiger partial charge in [0.05, 0.1) is 20.3 Å². The minimum Gasteiger partial charge on any atom is -0.496 e. The molecule has 4 heteroatoms. The SMILES string of the molecule is COc1ccc(CN)cc1COCc1ccccc1Cl. The van der Waals surface area contributed by atoms with E-state index in [9.17, 15) is 0 Å². The van der Waals surface area contributed by atoms with Gasteiger partial charge in [0.15, 0.2) is 0 Å². The van der Waals surface area contributed by atoms with Crippen molar-refractivity contribution in [1.82, 2.24) is 0 Å². The second kappa shape index (κ2) is 7.29. The Hall–Kier alpha value is -1.55. The lowest BCUT2D eigenvalue weighted by Gasteiger charge is -2.11. The maximum atomic E-state index is 6.09. The molecule has 0 heterocycles. The van der Waals surface area contributed by atoms with Gasteiger partial charge in [0, 0.05) is 17.1 Å². The molecule has 2 rings (SSSR count). The quantitative estimate of drug-likeness (QED) is 0.885. The minimum absolute atomic E-state index is 0.461. The van der Waals surface area contributed by atoms with Gasteiger partial charge >= 0.3 is 0 Å². The van der Waals surface area contributed by atoms with Gasteiger partial charge in [0.25, 0.3) is 0 Å². The summed E-state index contributed by atoms with van der Waals surface area (Å²) in [5.41, 5.74) is 8.67. The lowest BCUT2D eigenvalue weighted by molar-refractivity contribution is 0.105. The first-order chi connectivity index (χ1) is 9.74. The molecule has 0 radical (unpaired) electrons. The minimum atomic E-state index is 0.461. The number of rotatable bonds is 6. The molecule has 0 unspecified atom stereocenters. The molecule has 0 spiro atoms. The van der Waals surface area contributed by atoms with Crippen LogP contribution >= 0.6 is 11.6 Å². The lowest BCUT2D eigenvalue weighted by atomic mass is 10.1. The smallest absolute Gasteiger partial charge is 0.124 e. The molecule has 0 aliphatic rings. The monoisotopic (exact) mass is 291 g/mol. The zero-order valence-corrected chi connectivity index (χ0v) is 12.2. The van der Waals surface area contributed by atoms with Crippen LogP contribution in [0.2, 0.25) is 5.02 Å². The van der Waals surface area contributed by atoms with Crippen LogP contribution in [0.4, 0.5) is 0 Å². The fourth-order valence-corrected chi connectivity index (χ4v) is 2.15. The maximum Gasteiger partial charge on any atom is 0.124 e. The highest BCUT2D eigenvalue weighted by atomic mass is 35.5. The maximum absolute atomic E-state index is 6.09. The molecule has 0 aliphatic heterocycles. The summed E-state index contributed by atoms with van der Waals surface area (Å²) in [7, 11) is 1.65. The van der Waals surface area contributed by atoms with E-state index in [1.54, 1.807) is 7.11 Å². The average Bonchev–Trinajstić information content (AvgIpc) is 2.49. The van der Waals surface area contributed by atoms with Gasteiger partial charge in [-0.3, -0.25) is 0 Å². The Morgan fingerprint density at radius 2 is 1.80 bits per heavy atom. The van der Waals surface area contributed by atoms with E-state index >= 15 is 0 Å². The zero-order chi connectivity index (χ0) is 14.4. The number of nitrogens with two attached hydrogens (primary N) is 1. The van der Waals surface area contributed by atoms with Crippen molar-refractivity contribution in [1.29, 1.82) is 0 Å². The third kappa shape index (κ3) is 3.73. The van der Waals surface area contributed by atoms with Crippen LogP contribution in [0, 0.1) is 0 Å². The molecule has 0 amide bonds. The van der Waals surface area contributed by atoms with Gasteiger partial charge in [-0.05, 0) is 29.3 Å². The first-order valence-electron chi connectivity index (χ1n) is 6.41.